The molecule has 3 nitrogen and oxygen atoms in total. The van der Waals surface area contributed by atoms with Crippen LogP contribution in [0.25, 0.3) is 0 Å². The summed E-state index contributed by atoms with van der Waals surface area (Å²) in [5.41, 5.74) is 3.15. The molecule has 0 unspecified atom stereocenters. The summed E-state index contributed by atoms with van der Waals surface area (Å²) >= 11 is 5.19. The van der Waals surface area contributed by atoms with Gasteiger partial charge in [0.25, 0.3) is 0 Å². The highest BCUT2D eigenvalue weighted by atomic mass is 32.1. The van der Waals surface area contributed by atoms with Gasteiger partial charge in [0.05, 0.1) is 0 Å². The molecular weight excluding hydrogens is 340 g/mol. The molecule has 1 heterocycles. The van der Waals surface area contributed by atoms with Gasteiger partial charge in [0.1, 0.15) is 0 Å². The molecule has 1 atom stereocenters. The van der Waals surface area contributed by atoms with Crippen LogP contribution in [0.4, 0.5) is 20.2 Å². The average molecular weight is 361 g/mol. The third-order valence-corrected chi connectivity index (χ3v) is 4.63. The fraction of sp³-hybridized carbons (Fsp3) is 0.316. The number of nitrogens with zero attached hydrogens (tertiary/aromatic N) is 1. The van der Waals surface area contributed by atoms with Crippen LogP contribution in [0.5, 0.6) is 0 Å². The van der Waals surface area contributed by atoms with Crippen LogP contribution in [-0.4, -0.2) is 24.2 Å². The monoisotopic (exact) mass is 361 g/mol. The van der Waals surface area contributed by atoms with Gasteiger partial charge in [-0.15, -0.1) is 0 Å². The summed E-state index contributed by atoms with van der Waals surface area (Å²) in [4.78, 5) is 2.42. The van der Waals surface area contributed by atoms with Gasteiger partial charge in [-0.25, -0.2) is 8.78 Å². The molecule has 2 aromatic carbocycles. The highest BCUT2D eigenvalue weighted by Crippen LogP contribution is 2.31. The molecule has 0 aromatic heterocycles. The van der Waals surface area contributed by atoms with Gasteiger partial charge in [-0.05, 0) is 55.7 Å². The Morgan fingerprint density at radius 3 is 2.80 bits per heavy atom. The van der Waals surface area contributed by atoms with Gasteiger partial charge in [0.2, 0.25) is 0 Å². The molecule has 0 saturated carbocycles. The fourth-order valence-electron chi connectivity index (χ4n) is 3.17. The van der Waals surface area contributed by atoms with Gasteiger partial charge >= 0.3 is 0 Å². The minimum Gasteiger partial charge on any atom is -0.368 e. The van der Waals surface area contributed by atoms with Crippen molar-refractivity contribution in [3.8, 4) is 0 Å². The first kappa shape index (κ1) is 17.6. The SMILES string of the molecule is C[C@@H]1Cc2ccccc2N1CCCNC(=S)Nc1ccc(F)c(F)c1. The molecule has 132 valence electrons. The number of para-hydroxylation sites is 1. The van der Waals surface area contributed by atoms with Crippen molar-refractivity contribution >= 4 is 28.7 Å². The van der Waals surface area contributed by atoms with E-state index in [9.17, 15) is 8.78 Å². The highest BCUT2D eigenvalue weighted by molar-refractivity contribution is 7.80. The molecule has 0 spiro atoms. The predicted molar refractivity (Wildman–Crippen MR) is 102 cm³/mol. The van der Waals surface area contributed by atoms with E-state index in [-0.39, 0.29) is 0 Å². The average Bonchev–Trinajstić information content (AvgIpc) is 2.90. The Hall–Kier alpha value is -2.21. The molecule has 0 fully saturated rings. The van der Waals surface area contributed by atoms with Gasteiger partial charge < -0.3 is 15.5 Å². The van der Waals surface area contributed by atoms with E-state index < -0.39 is 11.6 Å². The Labute approximate surface area is 152 Å². The number of fused-ring (bicyclic) bond motifs is 1. The van der Waals surface area contributed by atoms with Gasteiger partial charge in [-0.1, -0.05) is 18.2 Å². The van der Waals surface area contributed by atoms with Gasteiger partial charge in [0, 0.05) is 36.6 Å². The first-order chi connectivity index (χ1) is 12.0. The minimum absolute atomic E-state index is 0.404. The maximum atomic E-state index is 13.2. The third-order valence-electron chi connectivity index (χ3n) is 4.39. The Morgan fingerprint density at radius 2 is 2.00 bits per heavy atom. The second-order valence-corrected chi connectivity index (χ2v) is 6.65. The van der Waals surface area contributed by atoms with Crippen molar-refractivity contribution < 1.29 is 8.78 Å². The molecule has 25 heavy (non-hydrogen) atoms. The Bertz CT molecular complexity index is 766. The zero-order chi connectivity index (χ0) is 17.8. The number of rotatable bonds is 5. The van der Waals surface area contributed by atoms with Crippen LogP contribution >= 0.6 is 12.2 Å². The molecule has 6 heteroatoms. The quantitative estimate of drug-likeness (QED) is 0.620. The molecule has 1 aliphatic heterocycles. The number of hydrogen-bond acceptors (Lipinski definition) is 2. The normalized spacial score (nSPS) is 15.8. The number of nitrogens with one attached hydrogen (secondary N) is 2. The summed E-state index contributed by atoms with van der Waals surface area (Å²) in [6.45, 7) is 3.89. The number of benzene rings is 2. The maximum Gasteiger partial charge on any atom is 0.170 e. The van der Waals surface area contributed by atoms with E-state index in [1.165, 1.54) is 17.3 Å². The molecule has 0 aliphatic carbocycles. The van der Waals surface area contributed by atoms with Crippen LogP contribution in [0.15, 0.2) is 42.5 Å². The molecule has 0 bridgehead atoms. The Kier molecular flexibility index (Phi) is 5.48. The van der Waals surface area contributed by atoms with Crippen molar-refractivity contribution in [2.75, 3.05) is 23.3 Å². The molecule has 1 aliphatic rings. The number of anilines is 2. The van der Waals surface area contributed by atoms with E-state index in [2.05, 4.69) is 46.7 Å². The van der Waals surface area contributed by atoms with Crippen LogP contribution in [0.3, 0.4) is 0 Å². The molecular formula is C19H21F2N3S. The Balaban J connectivity index is 1.44. The summed E-state index contributed by atoms with van der Waals surface area (Å²) < 4.78 is 26.1. The van der Waals surface area contributed by atoms with Crippen molar-refractivity contribution in [1.29, 1.82) is 0 Å². The molecule has 0 saturated heterocycles. The van der Waals surface area contributed by atoms with E-state index in [0.717, 1.165) is 31.5 Å². The largest absolute Gasteiger partial charge is 0.368 e. The Morgan fingerprint density at radius 1 is 1.20 bits per heavy atom. The second kappa shape index (κ2) is 7.78. The number of hydrogen-bond donors (Lipinski definition) is 2. The van der Waals surface area contributed by atoms with E-state index in [0.29, 0.717) is 23.4 Å². The van der Waals surface area contributed by atoms with Crippen molar-refractivity contribution in [3.05, 3.63) is 59.7 Å². The summed E-state index contributed by atoms with van der Waals surface area (Å²) in [6.07, 6.45) is 2.01. The van der Waals surface area contributed by atoms with Gasteiger partial charge in [-0.3, -0.25) is 0 Å². The first-order valence-corrected chi connectivity index (χ1v) is 8.80. The van der Waals surface area contributed by atoms with E-state index in [1.807, 2.05) is 0 Å². The molecule has 2 aromatic rings. The summed E-state index contributed by atoms with van der Waals surface area (Å²) in [6, 6.07) is 12.6. The van der Waals surface area contributed by atoms with E-state index >= 15 is 0 Å². The van der Waals surface area contributed by atoms with E-state index in [1.54, 1.807) is 0 Å². The van der Waals surface area contributed by atoms with Crippen LogP contribution in [0, 0.1) is 11.6 Å². The van der Waals surface area contributed by atoms with Crippen molar-refractivity contribution in [3.63, 3.8) is 0 Å². The number of halogens is 2. The van der Waals surface area contributed by atoms with Gasteiger partial charge in [0.15, 0.2) is 16.7 Å². The molecule has 2 N–H and O–H groups in total. The number of thiocarbonyl (C=S) groups is 1. The lowest BCUT2D eigenvalue weighted by molar-refractivity contribution is 0.509. The lowest BCUT2D eigenvalue weighted by Gasteiger charge is -2.25. The molecule has 3 rings (SSSR count). The molecule has 0 radical (unpaired) electrons. The maximum absolute atomic E-state index is 13.2. The lowest BCUT2D eigenvalue weighted by atomic mass is 10.1. The van der Waals surface area contributed by atoms with Crippen LogP contribution < -0.4 is 15.5 Å². The highest BCUT2D eigenvalue weighted by Gasteiger charge is 2.24. The topological polar surface area (TPSA) is 27.3 Å². The zero-order valence-corrected chi connectivity index (χ0v) is 14.9. The summed E-state index contributed by atoms with van der Waals surface area (Å²) in [7, 11) is 0. The standard InChI is InChI=1S/C19H21F2N3S/c1-13-11-14-5-2-3-6-18(14)24(13)10-4-9-22-19(25)23-15-7-8-16(20)17(21)12-15/h2-3,5-8,12-13H,4,9-11H2,1H3,(H2,22,23,25)/t13-/m1/s1. The minimum atomic E-state index is -0.894. The first-order valence-electron chi connectivity index (χ1n) is 8.39. The van der Waals surface area contributed by atoms with Crippen molar-refractivity contribution in [1.82, 2.24) is 5.32 Å². The fourth-order valence-corrected chi connectivity index (χ4v) is 3.39. The third kappa shape index (κ3) is 4.25. The van der Waals surface area contributed by atoms with Crippen molar-refractivity contribution in [2.45, 2.75) is 25.8 Å². The second-order valence-electron chi connectivity index (χ2n) is 6.24. The zero-order valence-electron chi connectivity index (χ0n) is 14.1. The smallest absolute Gasteiger partial charge is 0.170 e. The van der Waals surface area contributed by atoms with E-state index in [4.69, 9.17) is 12.2 Å². The molecule has 0 amide bonds. The summed E-state index contributed by atoms with van der Waals surface area (Å²) in [5, 5.41) is 6.37. The lowest BCUT2D eigenvalue weighted by Crippen LogP contribution is -2.34. The van der Waals surface area contributed by atoms with Crippen molar-refractivity contribution in [2.24, 2.45) is 0 Å². The van der Waals surface area contributed by atoms with Crippen LogP contribution in [0.2, 0.25) is 0 Å². The van der Waals surface area contributed by atoms with Gasteiger partial charge in [-0.2, -0.15) is 0 Å². The predicted octanol–water partition coefficient (Wildman–Crippen LogP) is 4.09. The van der Waals surface area contributed by atoms with Crippen LogP contribution in [0.1, 0.15) is 18.9 Å². The van der Waals surface area contributed by atoms with Crippen LogP contribution in [-0.2, 0) is 6.42 Å². The summed E-state index contributed by atoms with van der Waals surface area (Å²) in [5.74, 6) is -1.76.